The second kappa shape index (κ2) is 5.82. The van der Waals surface area contributed by atoms with E-state index in [2.05, 4.69) is 27.9 Å². The first-order valence-corrected chi connectivity index (χ1v) is 7.52. The molecule has 0 saturated carbocycles. The Morgan fingerprint density at radius 1 is 1.33 bits per heavy atom. The monoisotopic (exact) mass is 283 g/mol. The second-order valence-electron chi connectivity index (χ2n) is 5.61. The van der Waals surface area contributed by atoms with Crippen LogP contribution in [0.1, 0.15) is 42.0 Å². The van der Waals surface area contributed by atoms with E-state index in [-0.39, 0.29) is 0 Å². The Bertz CT molecular complexity index is 642. The van der Waals surface area contributed by atoms with Crippen LogP contribution in [0.25, 0.3) is 0 Å². The summed E-state index contributed by atoms with van der Waals surface area (Å²) in [6, 6.07) is 8.09. The van der Waals surface area contributed by atoms with Gasteiger partial charge < -0.3 is 10.0 Å². The lowest BCUT2D eigenvalue weighted by Crippen LogP contribution is -2.35. The molecule has 0 amide bonds. The number of aliphatic hydroxyl groups excluding tert-OH is 1. The van der Waals surface area contributed by atoms with Crippen LogP contribution >= 0.6 is 0 Å². The van der Waals surface area contributed by atoms with E-state index < -0.39 is 6.10 Å². The third-order valence-electron chi connectivity index (χ3n) is 3.95. The standard InChI is InChI=1S/C17H21N3O/c1-3-6-13-9-18-12(2)19-17(13)20-10-14-7-4-5-8-15(14)16(21)11-20/h4-5,7-9,16,21H,3,6,10-11H2,1-2H3. The van der Waals surface area contributed by atoms with Crippen LogP contribution in [0.5, 0.6) is 0 Å². The number of benzene rings is 1. The summed E-state index contributed by atoms with van der Waals surface area (Å²) in [6.45, 7) is 5.45. The highest BCUT2D eigenvalue weighted by Crippen LogP contribution is 2.30. The van der Waals surface area contributed by atoms with Crippen molar-refractivity contribution in [3.8, 4) is 0 Å². The van der Waals surface area contributed by atoms with E-state index in [1.165, 1.54) is 5.56 Å². The van der Waals surface area contributed by atoms with Crippen molar-refractivity contribution in [2.75, 3.05) is 11.4 Å². The van der Waals surface area contributed by atoms with Gasteiger partial charge in [-0.05, 0) is 24.5 Å². The minimum Gasteiger partial charge on any atom is -0.387 e. The number of aliphatic hydroxyl groups is 1. The van der Waals surface area contributed by atoms with Crippen LogP contribution in [0, 0.1) is 6.92 Å². The summed E-state index contributed by atoms with van der Waals surface area (Å²) in [5.74, 6) is 1.75. The molecule has 4 heteroatoms. The lowest BCUT2D eigenvalue weighted by Gasteiger charge is -2.34. The third-order valence-corrected chi connectivity index (χ3v) is 3.95. The highest BCUT2D eigenvalue weighted by Gasteiger charge is 2.25. The fourth-order valence-corrected chi connectivity index (χ4v) is 2.94. The average Bonchev–Trinajstić information content (AvgIpc) is 2.49. The number of hydrogen-bond donors (Lipinski definition) is 1. The largest absolute Gasteiger partial charge is 0.387 e. The van der Waals surface area contributed by atoms with Crippen LogP contribution in [-0.4, -0.2) is 21.6 Å². The molecule has 1 aliphatic heterocycles. The van der Waals surface area contributed by atoms with E-state index in [0.717, 1.165) is 42.2 Å². The summed E-state index contributed by atoms with van der Waals surface area (Å²) < 4.78 is 0. The van der Waals surface area contributed by atoms with Gasteiger partial charge in [0.15, 0.2) is 0 Å². The molecular weight excluding hydrogens is 262 g/mol. The Morgan fingerprint density at radius 2 is 2.14 bits per heavy atom. The van der Waals surface area contributed by atoms with E-state index in [9.17, 15) is 5.11 Å². The molecule has 4 nitrogen and oxygen atoms in total. The summed E-state index contributed by atoms with van der Waals surface area (Å²) in [4.78, 5) is 11.1. The van der Waals surface area contributed by atoms with Gasteiger partial charge in [0.2, 0.25) is 0 Å². The topological polar surface area (TPSA) is 49.2 Å². The van der Waals surface area contributed by atoms with Crippen molar-refractivity contribution in [2.45, 2.75) is 39.3 Å². The molecule has 3 rings (SSSR count). The average molecular weight is 283 g/mol. The SMILES string of the molecule is CCCc1cnc(C)nc1N1Cc2ccccc2C(O)C1. The second-order valence-corrected chi connectivity index (χ2v) is 5.61. The number of anilines is 1. The first-order chi connectivity index (χ1) is 10.2. The maximum absolute atomic E-state index is 10.4. The van der Waals surface area contributed by atoms with Crippen molar-refractivity contribution >= 4 is 5.82 Å². The van der Waals surface area contributed by atoms with E-state index in [1.54, 1.807) is 0 Å². The fraction of sp³-hybridized carbons (Fsp3) is 0.412. The van der Waals surface area contributed by atoms with Gasteiger partial charge in [-0.15, -0.1) is 0 Å². The molecule has 110 valence electrons. The lowest BCUT2D eigenvalue weighted by molar-refractivity contribution is 0.175. The first-order valence-electron chi connectivity index (χ1n) is 7.52. The highest BCUT2D eigenvalue weighted by atomic mass is 16.3. The molecule has 0 aliphatic carbocycles. The zero-order valence-electron chi connectivity index (χ0n) is 12.6. The van der Waals surface area contributed by atoms with Crippen LogP contribution < -0.4 is 4.90 Å². The molecule has 2 heterocycles. The molecule has 1 aromatic heterocycles. The molecule has 0 spiro atoms. The normalized spacial score (nSPS) is 17.7. The van der Waals surface area contributed by atoms with Crippen LogP contribution in [0.3, 0.4) is 0 Å². The van der Waals surface area contributed by atoms with E-state index in [0.29, 0.717) is 6.54 Å². The van der Waals surface area contributed by atoms with Gasteiger partial charge >= 0.3 is 0 Å². The Morgan fingerprint density at radius 3 is 2.95 bits per heavy atom. The molecule has 2 aromatic rings. The van der Waals surface area contributed by atoms with Crippen LogP contribution in [0.15, 0.2) is 30.5 Å². The molecule has 0 radical (unpaired) electrons. The van der Waals surface area contributed by atoms with Crippen molar-refractivity contribution in [3.63, 3.8) is 0 Å². The summed E-state index contributed by atoms with van der Waals surface area (Å²) >= 11 is 0. The van der Waals surface area contributed by atoms with Crippen molar-refractivity contribution < 1.29 is 5.11 Å². The fourth-order valence-electron chi connectivity index (χ4n) is 2.94. The van der Waals surface area contributed by atoms with Gasteiger partial charge in [0.25, 0.3) is 0 Å². The van der Waals surface area contributed by atoms with Gasteiger partial charge in [-0.2, -0.15) is 0 Å². The number of β-amino-alcohol motifs (C(OH)–C–C–N with tert-alkyl or cyclic N) is 1. The summed E-state index contributed by atoms with van der Waals surface area (Å²) in [7, 11) is 0. The van der Waals surface area contributed by atoms with E-state index >= 15 is 0 Å². The zero-order valence-corrected chi connectivity index (χ0v) is 12.6. The zero-order chi connectivity index (χ0) is 14.8. The van der Waals surface area contributed by atoms with Crippen LogP contribution in [0.4, 0.5) is 5.82 Å². The van der Waals surface area contributed by atoms with Gasteiger partial charge in [0, 0.05) is 24.8 Å². The molecule has 1 N–H and O–H groups in total. The van der Waals surface area contributed by atoms with Gasteiger partial charge in [-0.1, -0.05) is 37.6 Å². The molecule has 1 unspecified atom stereocenters. The van der Waals surface area contributed by atoms with Gasteiger partial charge in [0.05, 0.1) is 6.10 Å². The van der Waals surface area contributed by atoms with Crippen molar-refractivity contribution in [1.29, 1.82) is 0 Å². The van der Waals surface area contributed by atoms with Crippen LogP contribution in [0.2, 0.25) is 0 Å². The lowest BCUT2D eigenvalue weighted by atomic mass is 9.97. The highest BCUT2D eigenvalue weighted by molar-refractivity contribution is 5.50. The van der Waals surface area contributed by atoms with Gasteiger partial charge in [-0.3, -0.25) is 0 Å². The molecule has 1 aromatic carbocycles. The maximum atomic E-state index is 10.4. The van der Waals surface area contributed by atoms with Crippen molar-refractivity contribution in [2.24, 2.45) is 0 Å². The van der Waals surface area contributed by atoms with Crippen molar-refractivity contribution in [1.82, 2.24) is 9.97 Å². The minimum atomic E-state index is -0.459. The van der Waals surface area contributed by atoms with Gasteiger partial charge in [0.1, 0.15) is 11.6 Å². The number of hydrogen-bond acceptors (Lipinski definition) is 4. The van der Waals surface area contributed by atoms with Gasteiger partial charge in [-0.25, -0.2) is 9.97 Å². The number of fused-ring (bicyclic) bond motifs is 1. The minimum absolute atomic E-state index is 0.459. The summed E-state index contributed by atoms with van der Waals surface area (Å²) in [5, 5.41) is 10.4. The van der Waals surface area contributed by atoms with E-state index in [4.69, 9.17) is 0 Å². The molecule has 0 bridgehead atoms. The third kappa shape index (κ3) is 2.76. The van der Waals surface area contributed by atoms with E-state index in [1.807, 2.05) is 31.3 Å². The molecule has 21 heavy (non-hydrogen) atoms. The smallest absolute Gasteiger partial charge is 0.135 e. The number of rotatable bonds is 3. The molecule has 0 fully saturated rings. The predicted octanol–water partition coefficient (Wildman–Crippen LogP) is 2.79. The maximum Gasteiger partial charge on any atom is 0.135 e. The Labute approximate surface area is 125 Å². The number of aryl methyl sites for hydroxylation is 2. The van der Waals surface area contributed by atoms with Crippen molar-refractivity contribution in [3.05, 3.63) is 53.0 Å². The Hall–Kier alpha value is -1.94. The molecule has 0 saturated heterocycles. The predicted molar refractivity (Wildman–Crippen MR) is 83.2 cm³/mol. The summed E-state index contributed by atoms with van der Waals surface area (Å²) in [6.07, 6.45) is 3.49. The summed E-state index contributed by atoms with van der Waals surface area (Å²) in [5.41, 5.74) is 3.38. The molecular formula is C17H21N3O. The number of aromatic nitrogens is 2. The van der Waals surface area contributed by atoms with Crippen LogP contribution in [-0.2, 0) is 13.0 Å². The molecule has 1 atom stereocenters. The first kappa shape index (κ1) is 14.0. The quantitative estimate of drug-likeness (QED) is 0.941. The molecule has 1 aliphatic rings. The number of nitrogens with zero attached hydrogens (tertiary/aromatic N) is 3. The Kier molecular flexibility index (Phi) is 3.88. The Balaban J connectivity index is 1.97.